The van der Waals surface area contributed by atoms with Gasteiger partial charge in [0.15, 0.2) is 0 Å². The molecule has 0 bridgehead atoms. The summed E-state index contributed by atoms with van der Waals surface area (Å²) in [5, 5.41) is 21.5. The topological polar surface area (TPSA) is 134 Å². The third-order valence-electron chi connectivity index (χ3n) is 2.88. The Balaban J connectivity index is 2.41. The second-order valence-corrected chi connectivity index (χ2v) is 4.23. The third-order valence-corrected chi connectivity index (χ3v) is 2.88. The van der Waals surface area contributed by atoms with E-state index in [1.165, 1.54) is 22.9 Å². The Labute approximate surface area is 117 Å². The van der Waals surface area contributed by atoms with Crippen molar-refractivity contribution in [2.45, 2.75) is 6.54 Å². The minimum absolute atomic E-state index is 0.0103. The number of hydrogen-bond donors (Lipinski definition) is 1. The molecule has 9 heteroatoms. The van der Waals surface area contributed by atoms with Gasteiger partial charge >= 0.3 is 5.69 Å². The van der Waals surface area contributed by atoms with Gasteiger partial charge in [-0.1, -0.05) is 12.1 Å². The van der Waals surface area contributed by atoms with Gasteiger partial charge in [-0.05, 0) is 0 Å². The largest absolute Gasteiger partial charge is 0.393 e. The van der Waals surface area contributed by atoms with Crippen molar-refractivity contribution in [3.05, 3.63) is 72.7 Å². The first kappa shape index (κ1) is 14.2. The smallest absolute Gasteiger partial charge is 0.332 e. The molecule has 108 valence electrons. The highest BCUT2D eigenvalue weighted by molar-refractivity contribution is 5.63. The van der Waals surface area contributed by atoms with Gasteiger partial charge in [-0.3, -0.25) is 25.0 Å². The van der Waals surface area contributed by atoms with Crippen LogP contribution >= 0.6 is 0 Å². The number of nitrogens with zero attached hydrogens (tertiary/aromatic N) is 3. The molecule has 0 aliphatic heterocycles. The van der Waals surface area contributed by atoms with Crippen LogP contribution in [0.5, 0.6) is 0 Å². The molecule has 0 unspecified atom stereocenters. The van der Waals surface area contributed by atoms with Crippen molar-refractivity contribution in [2.75, 3.05) is 5.73 Å². The molecule has 2 aromatic rings. The van der Waals surface area contributed by atoms with Crippen LogP contribution in [-0.4, -0.2) is 14.4 Å². The van der Waals surface area contributed by atoms with Crippen molar-refractivity contribution in [3.8, 4) is 0 Å². The van der Waals surface area contributed by atoms with E-state index in [2.05, 4.69) is 0 Å². The van der Waals surface area contributed by atoms with Gasteiger partial charge in [0.05, 0.1) is 16.0 Å². The molecule has 0 aliphatic carbocycles. The number of benzene rings is 1. The van der Waals surface area contributed by atoms with Gasteiger partial charge in [-0.15, -0.1) is 0 Å². The molecular weight excluding hydrogens is 280 g/mol. The molecule has 1 aromatic heterocycles. The summed E-state index contributed by atoms with van der Waals surface area (Å²) in [6.45, 7) is 0.0780. The van der Waals surface area contributed by atoms with Crippen molar-refractivity contribution < 1.29 is 9.85 Å². The Morgan fingerprint density at radius 3 is 2.38 bits per heavy atom. The van der Waals surface area contributed by atoms with Gasteiger partial charge in [-0.25, -0.2) is 0 Å². The number of anilines is 1. The van der Waals surface area contributed by atoms with Crippen LogP contribution in [-0.2, 0) is 6.54 Å². The van der Waals surface area contributed by atoms with E-state index in [1.54, 1.807) is 6.07 Å². The number of nitro benzene ring substituents is 1. The Kier molecular flexibility index (Phi) is 3.65. The van der Waals surface area contributed by atoms with Crippen LogP contribution in [0.2, 0.25) is 0 Å². The number of para-hydroxylation sites is 1. The number of aromatic nitrogens is 1. The lowest BCUT2D eigenvalue weighted by atomic mass is 10.1. The monoisotopic (exact) mass is 290 g/mol. The first-order valence-electron chi connectivity index (χ1n) is 5.76. The molecule has 0 spiro atoms. The van der Waals surface area contributed by atoms with Gasteiger partial charge in [0.2, 0.25) is 0 Å². The van der Waals surface area contributed by atoms with Crippen LogP contribution in [0.4, 0.5) is 17.1 Å². The van der Waals surface area contributed by atoms with Crippen LogP contribution in [0, 0.1) is 20.2 Å². The minimum Gasteiger partial charge on any atom is -0.393 e. The average molecular weight is 290 g/mol. The number of rotatable bonds is 4. The zero-order valence-electron chi connectivity index (χ0n) is 10.6. The fourth-order valence-electron chi connectivity index (χ4n) is 1.84. The summed E-state index contributed by atoms with van der Waals surface area (Å²) in [7, 11) is 0. The quantitative estimate of drug-likeness (QED) is 0.512. The first-order valence-corrected chi connectivity index (χ1v) is 5.76. The van der Waals surface area contributed by atoms with Gasteiger partial charge in [0.25, 0.3) is 11.1 Å². The SMILES string of the molecule is Nc1c(Cn2ccc(=O)c([N+](=O)[O-])c2)cccc1[N+](=O)[O-]. The van der Waals surface area contributed by atoms with Crippen molar-refractivity contribution in [2.24, 2.45) is 0 Å². The van der Waals surface area contributed by atoms with E-state index >= 15 is 0 Å². The molecule has 0 saturated carbocycles. The lowest BCUT2D eigenvalue weighted by Gasteiger charge is -2.08. The first-order chi connectivity index (χ1) is 9.90. The van der Waals surface area contributed by atoms with Crippen molar-refractivity contribution in [1.82, 2.24) is 4.57 Å². The Morgan fingerprint density at radius 2 is 1.76 bits per heavy atom. The van der Waals surface area contributed by atoms with Crippen LogP contribution < -0.4 is 11.2 Å². The predicted octanol–water partition coefficient (Wildman–Crippen LogP) is 1.30. The molecule has 2 rings (SSSR count). The summed E-state index contributed by atoms with van der Waals surface area (Å²) in [4.78, 5) is 31.4. The predicted molar refractivity (Wildman–Crippen MR) is 74.0 cm³/mol. The number of nitrogens with two attached hydrogens (primary N) is 1. The summed E-state index contributed by atoms with van der Waals surface area (Å²) < 4.78 is 1.37. The molecule has 0 radical (unpaired) electrons. The summed E-state index contributed by atoms with van der Waals surface area (Å²) >= 11 is 0. The van der Waals surface area contributed by atoms with E-state index in [0.717, 1.165) is 12.3 Å². The molecular formula is C12H10N4O5. The Bertz CT molecular complexity index is 783. The van der Waals surface area contributed by atoms with E-state index in [-0.39, 0.29) is 17.9 Å². The van der Waals surface area contributed by atoms with Gasteiger partial charge in [0, 0.05) is 30.4 Å². The molecule has 0 atom stereocenters. The second kappa shape index (κ2) is 5.41. The molecule has 0 amide bonds. The zero-order chi connectivity index (χ0) is 15.6. The molecule has 9 nitrogen and oxygen atoms in total. The summed E-state index contributed by atoms with van der Waals surface area (Å²) in [6.07, 6.45) is 2.42. The number of hydrogen-bond acceptors (Lipinski definition) is 6. The normalized spacial score (nSPS) is 10.3. The van der Waals surface area contributed by atoms with Gasteiger partial charge in [0.1, 0.15) is 5.69 Å². The number of pyridine rings is 1. The number of nitrogen functional groups attached to an aromatic ring is 1. The van der Waals surface area contributed by atoms with Crippen molar-refractivity contribution >= 4 is 17.1 Å². The van der Waals surface area contributed by atoms with Crippen LogP contribution in [0.25, 0.3) is 0 Å². The molecule has 2 N–H and O–H groups in total. The van der Waals surface area contributed by atoms with Crippen LogP contribution in [0.3, 0.4) is 0 Å². The molecule has 1 heterocycles. The van der Waals surface area contributed by atoms with E-state index in [1.807, 2.05) is 0 Å². The molecule has 0 aliphatic rings. The Morgan fingerprint density at radius 1 is 1.10 bits per heavy atom. The highest BCUT2D eigenvalue weighted by Crippen LogP contribution is 2.25. The zero-order valence-corrected chi connectivity index (χ0v) is 10.6. The van der Waals surface area contributed by atoms with E-state index in [9.17, 15) is 25.0 Å². The van der Waals surface area contributed by atoms with E-state index < -0.39 is 21.0 Å². The fraction of sp³-hybridized carbons (Fsp3) is 0.0833. The molecule has 0 fully saturated rings. The summed E-state index contributed by atoms with van der Waals surface area (Å²) in [6, 6.07) is 5.38. The second-order valence-electron chi connectivity index (χ2n) is 4.23. The summed E-state index contributed by atoms with van der Waals surface area (Å²) in [5.41, 5.74) is 4.62. The van der Waals surface area contributed by atoms with Crippen molar-refractivity contribution in [3.63, 3.8) is 0 Å². The minimum atomic E-state index is -0.782. The van der Waals surface area contributed by atoms with Gasteiger partial charge in [-0.2, -0.15) is 0 Å². The van der Waals surface area contributed by atoms with Crippen LogP contribution in [0.15, 0.2) is 41.5 Å². The lowest BCUT2D eigenvalue weighted by molar-refractivity contribution is -0.386. The maximum Gasteiger partial charge on any atom is 0.332 e. The highest BCUT2D eigenvalue weighted by Gasteiger charge is 2.16. The highest BCUT2D eigenvalue weighted by atomic mass is 16.6. The van der Waals surface area contributed by atoms with Crippen LogP contribution in [0.1, 0.15) is 5.56 Å². The van der Waals surface area contributed by atoms with Gasteiger partial charge < -0.3 is 10.3 Å². The molecule has 1 aromatic carbocycles. The van der Waals surface area contributed by atoms with E-state index in [0.29, 0.717) is 5.56 Å². The molecule has 0 saturated heterocycles. The lowest BCUT2D eigenvalue weighted by Crippen LogP contribution is -2.12. The number of nitro groups is 2. The maximum absolute atomic E-state index is 11.3. The summed E-state index contributed by atoms with van der Waals surface area (Å²) in [5.74, 6) is 0. The molecule has 21 heavy (non-hydrogen) atoms. The fourth-order valence-corrected chi connectivity index (χ4v) is 1.84. The van der Waals surface area contributed by atoms with E-state index in [4.69, 9.17) is 5.73 Å². The van der Waals surface area contributed by atoms with Crippen molar-refractivity contribution in [1.29, 1.82) is 0 Å². The standard InChI is InChI=1S/C12H10N4O5/c13-12-8(2-1-3-9(12)15(18)19)6-14-5-4-11(17)10(7-14)16(20)21/h1-5,7H,6,13H2. The average Bonchev–Trinajstić information content (AvgIpc) is 2.42. The maximum atomic E-state index is 11.3. The third kappa shape index (κ3) is 2.86. The Hall–Kier alpha value is -3.23.